The van der Waals surface area contributed by atoms with Gasteiger partial charge in [0.25, 0.3) is 0 Å². The predicted molar refractivity (Wildman–Crippen MR) is 74.2 cm³/mol. The fourth-order valence-corrected chi connectivity index (χ4v) is 1.81. The molecule has 0 saturated carbocycles. The highest BCUT2D eigenvalue weighted by molar-refractivity contribution is 5.29. The Balaban J connectivity index is 2.96. The first-order valence-corrected chi connectivity index (χ1v) is 6.47. The zero-order valence-corrected chi connectivity index (χ0v) is 12.0. The molecule has 0 fully saturated rings. The summed E-state index contributed by atoms with van der Waals surface area (Å²) in [5, 5.41) is 10.3. The van der Waals surface area contributed by atoms with E-state index in [-0.39, 0.29) is 16.9 Å². The first kappa shape index (κ1) is 14.2. The zero-order chi connectivity index (χ0) is 13.3. The van der Waals surface area contributed by atoms with E-state index >= 15 is 0 Å². The Morgan fingerprint density at radius 2 is 1.47 bits per heavy atom. The monoisotopic (exact) mass is 234 g/mol. The van der Waals surface area contributed by atoms with Crippen LogP contribution in [-0.4, -0.2) is 5.11 Å². The molecule has 1 unspecified atom stereocenters. The summed E-state index contributed by atoms with van der Waals surface area (Å²) in [6.45, 7) is 12.9. The maximum atomic E-state index is 10.3. The van der Waals surface area contributed by atoms with Gasteiger partial charge in [-0.2, -0.15) is 0 Å². The Morgan fingerprint density at radius 1 is 1.00 bits per heavy atom. The van der Waals surface area contributed by atoms with Crippen molar-refractivity contribution in [2.45, 2.75) is 59.5 Å². The molecule has 1 aromatic rings. The molecular formula is C16H26O. The molecule has 0 aromatic heterocycles. The first-order valence-electron chi connectivity index (χ1n) is 6.47. The Morgan fingerprint density at radius 3 is 1.82 bits per heavy atom. The van der Waals surface area contributed by atoms with Gasteiger partial charge in [0.2, 0.25) is 0 Å². The van der Waals surface area contributed by atoms with Crippen LogP contribution in [0.15, 0.2) is 24.3 Å². The molecule has 0 bridgehead atoms. The number of hydrogen-bond acceptors (Lipinski definition) is 1. The van der Waals surface area contributed by atoms with Crippen molar-refractivity contribution in [2.75, 3.05) is 0 Å². The molecular weight excluding hydrogens is 208 g/mol. The summed E-state index contributed by atoms with van der Waals surface area (Å²) in [6, 6.07) is 8.37. The molecule has 0 radical (unpaired) electrons. The van der Waals surface area contributed by atoms with Crippen LogP contribution in [0.1, 0.15) is 65.2 Å². The Bertz CT molecular complexity index is 354. The van der Waals surface area contributed by atoms with Crippen molar-refractivity contribution in [1.29, 1.82) is 0 Å². The molecule has 1 nitrogen and oxygen atoms in total. The van der Waals surface area contributed by atoms with Gasteiger partial charge in [0.05, 0.1) is 6.10 Å². The second-order valence-corrected chi connectivity index (χ2v) is 6.62. The highest BCUT2D eigenvalue weighted by Gasteiger charge is 2.27. The lowest BCUT2D eigenvalue weighted by Gasteiger charge is -2.30. The van der Waals surface area contributed by atoms with E-state index < -0.39 is 0 Å². The van der Waals surface area contributed by atoms with Gasteiger partial charge >= 0.3 is 0 Å². The van der Waals surface area contributed by atoms with Crippen molar-refractivity contribution in [3.05, 3.63) is 35.4 Å². The lowest BCUT2D eigenvalue weighted by molar-refractivity contribution is 0.0465. The van der Waals surface area contributed by atoms with E-state index in [4.69, 9.17) is 0 Å². The van der Waals surface area contributed by atoms with Crippen LogP contribution >= 0.6 is 0 Å². The fraction of sp³-hybridized carbons (Fsp3) is 0.625. The molecule has 0 aliphatic rings. The van der Waals surface area contributed by atoms with E-state index in [2.05, 4.69) is 65.8 Å². The van der Waals surface area contributed by atoms with Gasteiger partial charge in [-0.15, -0.1) is 0 Å². The quantitative estimate of drug-likeness (QED) is 0.819. The average molecular weight is 234 g/mol. The van der Waals surface area contributed by atoms with Crippen LogP contribution in [0.3, 0.4) is 0 Å². The topological polar surface area (TPSA) is 20.2 Å². The lowest BCUT2D eigenvalue weighted by atomic mass is 9.79. The third-order valence-electron chi connectivity index (χ3n) is 3.74. The van der Waals surface area contributed by atoms with Crippen LogP contribution in [0, 0.1) is 5.41 Å². The average Bonchev–Trinajstić information content (AvgIpc) is 2.27. The second-order valence-electron chi connectivity index (χ2n) is 6.62. The van der Waals surface area contributed by atoms with Gasteiger partial charge in [-0.3, -0.25) is 0 Å². The van der Waals surface area contributed by atoms with Crippen LogP contribution in [0.25, 0.3) is 0 Å². The van der Waals surface area contributed by atoms with Crippen molar-refractivity contribution in [1.82, 2.24) is 0 Å². The van der Waals surface area contributed by atoms with Crippen LogP contribution in [0.4, 0.5) is 0 Å². The molecule has 0 spiro atoms. The van der Waals surface area contributed by atoms with Crippen molar-refractivity contribution in [3.8, 4) is 0 Å². The lowest BCUT2D eigenvalue weighted by Crippen LogP contribution is -2.21. The van der Waals surface area contributed by atoms with Gasteiger partial charge in [-0.1, -0.05) is 65.8 Å². The Kier molecular flexibility index (Phi) is 4.03. The second kappa shape index (κ2) is 4.81. The van der Waals surface area contributed by atoms with Gasteiger partial charge in [-0.05, 0) is 28.4 Å². The summed E-state index contributed by atoms with van der Waals surface area (Å²) in [5.41, 5.74) is 2.43. The van der Waals surface area contributed by atoms with E-state index in [1.807, 2.05) is 0 Å². The van der Waals surface area contributed by atoms with Crippen molar-refractivity contribution in [2.24, 2.45) is 5.41 Å². The summed E-state index contributed by atoms with van der Waals surface area (Å²) in [4.78, 5) is 0. The van der Waals surface area contributed by atoms with Crippen LogP contribution in [-0.2, 0) is 5.41 Å². The molecule has 96 valence electrons. The molecule has 17 heavy (non-hydrogen) atoms. The van der Waals surface area contributed by atoms with Crippen molar-refractivity contribution >= 4 is 0 Å². The predicted octanol–water partition coefficient (Wildman–Crippen LogP) is 4.45. The molecule has 1 heteroatoms. The number of rotatable bonds is 3. The molecule has 1 aromatic carbocycles. The zero-order valence-electron chi connectivity index (χ0n) is 12.0. The summed E-state index contributed by atoms with van der Waals surface area (Å²) in [7, 11) is 0. The highest BCUT2D eigenvalue weighted by Crippen LogP contribution is 2.36. The molecule has 0 amide bonds. The molecule has 1 atom stereocenters. The molecule has 1 N–H and O–H groups in total. The van der Waals surface area contributed by atoms with Gasteiger partial charge in [-0.25, -0.2) is 0 Å². The normalized spacial score (nSPS) is 14.8. The SMILES string of the molecule is CCC(C)(C)C(O)c1ccc(C(C)(C)C)cc1. The fourth-order valence-electron chi connectivity index (χ4n) is 1.81. The Hall–Kier alpha value is -0.820. The maximum absolute atomic E-state index is 10.3. The largest absolute Gasteiger partial charge is 0.388 e. The summed E-state index contributed by atoms with van der Waals surface area (Å²) < 4.78 is 0. The van der Waals surface area contributed by atoms with Crippen molar-refractivity contribution in [3.63, 3.8) is 0 Å². The van der Waals surface area contributed by atoms with Crippen molar-refractivity contribution < 1.29 is 5.11 Å². The van der Waals surface area contributed by atoms with Gasteiger partial charge < -0.3 is 5.11 Å². The van der Waals surface area contributed by atoms with Crippen LogP contribution in [0.5, 0.6) is 0 Å². The van der Waals surface area contributed by atoms with Crippen LogP contribution in [0.2, 0.25) is 0 Å². The smallest absolute Gasteiger partial charge is 0.0840 e. The van der Waals surface area contributed by atoms with Gasteiger partial charge in [0.1, 0.15) is 0 Å². The van der Waals surface area contributed by atoms with E-state index in [0.29, 0.717) is 0 Å². The first-order chi connectivity index (χ1) is 7.68. The minimum atomic E-state index is -0.387. The van der Waals surface area contributed by atoms with E-state index in [0.717, 1.165) is 12.0 Å². The third kappa shape index (κ3) is 3.32. The number of benzene rings is 1. The number of aliphatic hydroxyl groups excluding tert-OH is 1. The minimum absolute atomic E-state index is 0.0662. The standard InChI is InChI=1S/C16H26O/c1-7-16(5,6)14(17)12-8-10-13(11-9-12)15(2,3)4/h8-11,14,17H,7H2,1-6H3. The maximum Gasteiger partial charge on any atom is 0.0840 e. The molecule has 0 saturated heterocycles. The third-order valence-corrected chi connectivity index (χ3v) is 3.74. The van der Waals surface area contributed by atoms with Gasteiger partial charge in [0, 0.05) is 0 Å². The molecule has 0 heterocycles. The highest BCUT2D eigenvalue weighted by atomic mass is 16.3. The van der Waals surface area contributed by atoms with Crippen LogP contribution < -0.4 is 0 Å². The number of hydrogen-bond donors (Lipinski definition) is 1. The summed E-state index contributed by atoms with van der Waals surface area (Å²) in [5.74, 6) is 0. The molecule has 1 rings (SSSR count). The minimum Gasteiger partial charge on any atom is -0.388 e. The summed E-state index contributed by atoms with van der Waals surface area (Å²) in [6.07, 6.45) is 0.580. The Labute approximate surface area is 106 Å². The van der Waals surface area contributed by atoms with E-state index in [9.17, 15) is 5.11 Å². The van der Waals surface area contributed by atoms with Gasteiger partial charge in [0.15, 0.2) is 0 Å². The number of aliphatic hydroxyl groups is 1. The summed E-state index contributed by atoms with van der Waals surface area (Å²) >= 11 is 0. The van der Waals surface area contributed by atoms with E-state index in [1.165, 1.54) is 5.56 Å². The molecule has 0 aliphatic heterocycles. The van der Waals surface area contributed by atoms with E-state index in [1.54, 1.807) is 0 Å². The molecule has 0 aliphatic carbocycles.